The summed E-state index contributed by atoms with van der Waals surface area (Å²) in [5, 5.41) is 2.73. The first kappa shape index (κ1) is 13.6. The van der Waals surface area contributed by atoms with Gasteiger partial charge in [-0.3, -0.25) is 4.79 Å². The van der Waals surface area contributed by atoms with Crippen molar-refractivity contribution in [1.29, 1.82) is 0 Å². The third kappa shape index (κ3) is 3.05. The summed E-state index contributed by atoms with van der Waals surface area (Å²) >= 11 is 0. The van der Waals surface area contributed by atoms with Gasteiger partial charge in [0.25, 0.3) is 15.9 Å². The van der Waals surface area contributed by atoms with Crippen molar-refractivity contribution < 1.29 is 17.6 Å². The summed E-state index contributed by atoms with van der Waals surface area (Å²) in [6.07, 6.45) is 6.22. The molecule has 8 heteroatoms. The average molecular weight is 307 g/mol. The highest BCUT2D eigenvalue weighted by Crippen LogP contribution is 2.15. The first-order valence-corrected chi connectivity index (χ1v) is 7.94. The minimum atomic E-state index is -3.38. The fraction of sp³-hybridized carbons (Fsp3) is 0.231. The number of carbonyl (C=O) groups excluding carboxylic acids is 1. The van der Waals surface area contributed by atoms with Crippen molar-refractivity contribution in [1.82, 2.24) is 10.2 Å². The molecule has 0 aromatic carbocycles. The molecular weight excluding hydrogens is 294 g/mol. The fourth-order valence-electron chi connectivity index (χ4n) is 2.02. The van der Waals surface area contributed by atoms with E-state index in [1.54, 1.807) is 29.3 Å². The van der Waals surface area contributed by atoms with Gasteiger partial charge < -0.3 is 14.6 Å². The van der Waals surface area contributed by atoms with Gasteiger partial charge in [0.15, 0.2) is 0 Å². The van der Waals surface area contributed by atoms with Crippen LogP contribution >= 0.6 is 0 Å². The van der Waals surface area contributed by atoms with Crippen LogP contribution in [0.2, 0.25) is 0 Å². The van der Waals surface area contributed by atoms with Crippen LogP contribution in [-0.2, 0) is 21.4 Å². The smallest absolute Gasteiger partial charge is 0.256 e. The van der Waals surface area contributed by atoms with E-state index in [1.165, 1.54) is 12.3 Å². The van der Waals surface area contributed by atoms with Crippen LogP contribution in [0.15, 0.2) is 51.1 Å². The second-order valence-electron chi connectivity index (χ2n) is 4.61. The van der Waals surface area contributed by atoms with E-state index in [0.29, 0.717) is 30.3 Å². The zero-order chi connectivity index (χ0) is 14.9. The maximum Gasteiger partial charge on any atom is 0.256 e. The number of fused-ring (bicyclic) bond motifs is 1. The van der Waals surface area contributed by atoms with Crippen LogP contribution in [0.25, 0.3) is 0 Å². The molecule has 3 heterocycles. The molecule has 0 saturated carbocycles. The average Bonchev–Trinajstić information content (AvgIpc) is 2.96. The van der Waals surface area contributed by atoms with Gasteiger partial charge in [0.1, 0.15) is 11.6 Å². The van der Waals surface area contributed by atoms with E-state index >= 15 is 0 Å². The van der Waals surface area contributed by atoms with E-state index in [1.807, 2.05) is 0 Å². The molecule has 1 N–H and O–H groups in total. The number of hydrogen-bond acceptors (Lipinski definition) is 5. The first-order chi connectivity index (χ1) is 10.0. The Morgan fingerprint density at radius 1 is 1.43 bits per heavy atom. The van der Waals surface area contributed by atoms with Crippen molar-refractivity contribution in [3.63, 3.8) is 0 Å². The van der Waals surface area contributed by atoms with Gasteiger partial charge in [-0.15, -0.1) is 4.40 Å². The fourth-order valence-corrected chi connectivity index (χ4v) is 2.99. The van der Waals surface area contributed by atoms with Gasteiger partial charge >= 0.3 is 0 Å². The van der Waals surface area contributed by atoms with Crippen molar-refractivity contribution in [2.24, 2.45) is 4.40 Å². The summed E-state index contributed by atoms with van der Waals surface area (Å²) in [6.45, 7) is 0.590. The number of hydrogen-bond donors (Lipinski definition) is 1. The molecule has 2 aliphatic rings. The maximum atomic E-state index is 12.0. The topological polar surface area (TPSA) is 92.0 Å². The lowest BCUT2D eigenvalue weighted by atomic mass is 10.2. The molecule has 3 rings (SSSR count). The Hall–Kier alpha value is -2.35. The lowest BCUT2D eigenvalue weighted by Gasteiger charge is -2.26. The molecule has 0 radical (unpaired) electrons. The molecule has 110 valence electrons. The van der Waals surface area contributed by atoms with Crippen molar-refractivity contribution >= 4 is 21.8 Å². The lowest BCUT2D eigenvalue weighted by molar-refractivity contribution is -0.117. The number of amidine groups is 1. The summed E-state index contributed by atoms with van der Waals surface area (Å²) in [5.41, 5.74) is 0.444. The summed E-state index contributed by atoms with van der Waals surface area (Å²) in [7, 11) is -3.38. The van der Waals surface area contributed by atoms with Gasteiger partial charge in [-0.25, -0.2) is 8.42 Å². The lowest BCUT2D eigenvalue weighted by Crippen LogP contribution is -2.38. The van der Waals surface area contributed by atoms with Gasteiger partial charge in [-0.1, -0.05) is 0 Å². The Morgan fingerprint density at radius 2 is 2.29 bits per heavy atom. The zero-order valence-electron chi connectivity index (χ0n) is 11.0. The summed E-state index contributed by atoms with van der Waals surface area (Å²) in [6, 6.07) is 3.52. The highest BCUT2D eigenvalue weighted by Gasteiger charge is 2.24. The normalized spacial score (nSPS) is 19.5. The number of nitrogens with one attached hydrogen (secondary N) is 1. The molecule has 1 aromatic heterocycles. The molecule has 0 saturated heterocycles. The van der Waals surface area contributed by atoms with Crippen molar-refractivity contribution in [2.75, 3.05) is 12.3 Å². The van der Waals surface area contributed by atoms with Crippen LogP contribution in [0, 0.1) is 0 Å². The van der Waals surface area contributed by atoms with Gasteiger partial charge in [-0.05, 0) is 24.3 Å². The summed E-state index contributed by atoms with van der Waals surface area (Å²) < 4.78 is 31.6. The van der Waals surface area contributed by atoms with Crippen LogP contribution in [0.1, 0.15) is 5.76 Å². The Balaban J connectivity index is 1.69. The van der Waals surface area contributed by atoms with Gasteiger partial charge in [0.2, 0.25) is 0 Å². The molecule has 0 unspecified atom stereocenters. The highest BCUT2D eigenvalue weighted by molar-refractivity contribution is 7.90. The van der Waals surface area contributed by atoms with Crippen LogP contribution in [0.4, 0.5) is 0 Å². The zero-order valence-corrected chi connectivity index (χ0v) is 11.8. The predicted molar refractivity (Wildman–Crippen MR) is 75.7 cm³/mol. The number of carbonyl (C=O) groups is 1. The third-order valence-corrected chi connectivity index (χ3v) is 4.25. The summed E-state index contributed by atoms with van der Waals surface area (Å²) in [4.78, 5) is 13.7. The van der Waals surface area contributed by atoms with Gasteiger partial charge in [-0.2, -0.15) is 0 Å². The minimum absolute atomic E-state index is 0.0534. The molecule has 0 spiro atoms. The van der Waals surface area contributed by atoms with E-state index in [0.717, 1.165) is 0 Å². The Morgan fingerprint density at radius 3 is 3.05 bits per heavy atom. The van der Waals surface area contributed by atoms with Crippen LogP contribution < -0.4 is 5.32 Å². The molecule has 1 aromatic rings. The van der Waals surface area contributed by atoms with Crippen molar-refractivity contribution in [3.05, 3.63) is 48.1 Å². The number of amides is 1. The Labute approximate surface area is 121 Å². The van der Waals surface area contributed by atoms with Crippen LogP contribution in [0.3, 0.4) is 0 Å². The van der Waals surface area contributed by atoms with Crippen molar-refractivity contribution in [3.8, 4) is 0 Å². The van der Waals surface area contributed by atoms with Crippen LogP contribution in [-0.4, -0.2) is 37.4 Å². The number of rotatable bonds is 3. The molecule has 21 heavy (non-hydrogen) atoms. The largest absolute Gasteiger partial charge is 0.467 e. The summed E-state index contributed by atoms with van der Waals surface area (Å²) in [5.74, 6) is 0.691. The Kier molecular flexibility index (Phi) is 3.38. The molecule has 7 nitrogen and oxygen atoms in total. The second kappa shape index (κ2) is 5.21. The van der Waals surface area contributed by atoms with Gasteiger partial charge in [0.05, 0.1) is 24.1 Å². The number of sulfonamides is 1. The maximum absolute atomic E-state index is 12.0. The Bertz CT molecular complexity index is 744. The second-order valence-corrected chi connectivity index (χ2v) is 6.36. The van der Waals surface area contributed by atoms with E-state index in [-0.39, 0.29) is 11.7 Å². The molecular formula is C13H13N3O4S. The number of furan rings is 1. The molecule has 0 atom stereocenters. The third-order valence-electron chi connectivity index (χ3n) is 3.09. The molecule has 0 aliphatic carbocycles. The standard InChI is InChI=1S/C13H13N3O4S/c17-13(14-8-11-2-1-6-20-11)10-3-4-12-15-21(18,19)7-5-16(12)9-10/h1-4,6,9H,5,7-8H2,(H,14,17). The quantitative estimate of drug-likeness (QED) is 0.872. The van der Waals surface area contributed by atoms with E-state index in [4.69, 9.17) is 4.42 Å². The highest BCUT2D eigenvalue weighted by atomic mass is 32.2. The van der Waals surface area contributed by atoms with Crippen molar-refractivity contribution in [2.45, 2.75) is 6.54 Å². The monoisotopic (exact) mass is 307 g/mol. The molecule has 2 aliphatic heterocycles. The minimum Gasteiger partial charge on any atom is -0.467 e. The first-order valence-electron chi connectivity index (χ1n) is 6.33. The van der Waals surface area contributed by atoms with Crippen LogP contribution in [0.5, 0.6) is 0 Å². The van der Waals surface area contributed by atoms with E-state index < -0.39 is 10.0 Å². The van der Waals surface area contributed by atoms with E-state index in [2.05, 4.69) is 9.71 Å². The molecule has 0 bridgehead atoms. The molecule has 1 amide bonds. The number of nitrogens with zero attached hydrogens (tertiary/aromatic N) is 2. The predicted octanol–water partition coefficient (Wildman–Crippen LogP) is 0.393. The van der Waals surface area contributed by atoms with E-state index in [9.17, 15) is 13.2 Å². The molecule has 0 fully saturated rings. The SMILES string of the molecule is O=C(NCc1ccco1)C1=CN2CCS(=O)(=O)N=C2C=C1. The van der Waals surface area contributed by atoms with Gasteiger partial charge in [0, 0.05) is 12.7 Å².